The largest absolute Gasteiger partial charge is 0.416 e. The molecule has 2 saturated heterocycles. The van der Waals surface area contributed by atoms with Crippen molar-refractivity contribution < 1.29 is 18.0 Å². The quantitative estimate of drug-likeness (QED) is 0.776. The molecule has 2 aliphatic heterocycles. The lowest BCUT2D eigenvalue weighted by atomic mass is 10.2. The normalized spacial score (nSPS) is 20.1. The summed E-state index contributed by atoms with van der Waals surface area (Å²) in [6.07, 6.45) is -3.40. The van der Waals surface area contributed by atoms with Gasteiger partial charge in [-0.1, -0.05) is 18.3 Å². The molecule has 2 fully saturated rings. The van der Waals surface area contributed by atoms with E-state index in [9.17, 15) is 18.0 Å². The zero-order chi connectivity index (χ0) is 16.6. The number of urea groups is 1. The van der Waals surface area contributed by atoms with Gasteiger partial charge >= 0.3 is 12.2 Å². The second-order valence-corrected chi connectivity index (χ2v) is 6.44. The number of hydrogen-bond donors (Lipinski definition) is 0. The number of carbonyl (C=O) groups excluding carboxylic acids is 1. The zero-order valence-corrected chi connectivity index (χ0v) is 13.0. The summed E-state index contributed by atoms with van der Waals surface area (Å²) in [4.78, 5) is 20.2. The maximum Gasteiger partial charge on any atom is 0.416 e. The van der Waals surface area contributed by atoms with Crippen LogP contribution in [-0.2, 0) is 6.18 Å². The number of hydrogen-bond acceptors (Lipinski definition) is 2. The van der Waals surface area contributed by atoms with Crippen LogP contribution in [0.5, 0.6) is 0 Å². The van der Waals surface area contributed by atoms with E-state index >= 15 is 0 Å². The van der Waals surface area contributed by atoms with Crippen LogP contribution < -0.4 is 4.90 Å². The van der Waals surface area contributed by atoms with Gasteiger partial charge in [0.15, 0.2) is 5.17 Å². The Morgan fingerprint density at radius 1 is 1.22 bits per heavy atom. The second-order valence-electron chi connectivity index (χ2n) is 5.29. The minimum absolute atomic E-state index is 0.314. The van der Waals surface area contributed by atoms with Gasteiger partial charge in [0, 0.05) is 23.7 Å². The standard InChI is InChI=1S/C15H14F3N3OS/c1-10-9-21(12-5-3-11(4-6-12)15(16,17)18)14(23-10)19-13(22)20-7-2-8-20/h3-6H,1-2,7-9H2. The van der Waals surface area contributed by atoms with Gasteiger partial charge in [0.05, 0.1) is 12.1 Å². The van der Waals surface area contributed by atoms with Crippen LogP contribution in [0.25, 0.3) is 0 Å². The highest BCUT2D eigenvalue weighted by Gasteiger charge is 2.31. The van der Waals surface area contributed by atoms with Crippen LogP contribution in [0.1, 0.15) is 12.0 Å². The van der Waals surface area contributed by atoms with Gasteiger partial charge < -0.3 is 9.80 Å². The maximum absolute atomic E-state index is 12.6. The molecule has 1 aromatic rings. The minimum Gasteiger partial charge on any atom is -0.323 e. The Balaban J connectivity index is 1.83. The lowest BCUT2D eigenvalue weighted by molar-refractivity contribution is -0.137. The van der Waals surface area contributed by atoms with Crippen molar-refractivity contribution in [1.29, 1.82) is 0 Å². The number of alkyl halides is 3. The summed E-state index contributed by atoms with van der Waals surface area (Å²) in [7, 11) is 0. The highest BCUT2D eigenvalue weighted by molar-refractivity contribution is 8.18. The molecule has 0 aromatic heterocycles. The van der Waals surface area contributed by atoms with E-state index in [0.717, 1.165) is 23.5 Å². The predicted molar refractivity (Wildman–Crippen MR) is 84.5 cm³/mol. The molecule has 0 atom stereocenters. The van der Waals surface area contributed by atoms with Crippen LogP contribution in [0.4, 0.5) is 23.7 Å². The average molecular weight is 341 g/mol. The number of anilines is 1. The van der Waals surface area contributed by atoms with Gasteiger partial charge in [-0.2, -0.15) is 18.2 Å². The summed E-state index contributed by atoms with van der Waals surface area (Å²) in [5.41, 5.74) is -0.151. The van der Waals surface area contributed by atoms with Gasteiger partial charge in [-0.25, -0.2) is 4.79 Å². The van der Waals surface area contributed by atoms with E-state index < -0.39 is 11.7 Å². The molecule has 0 saturated carbocycles. The molecule has 0 spiro atoms. The lowest BCUT2D eigenvalue weighted by Gasteiger charge is -2.29. The molecule has 0 bridgehead atoms. The zero-order valence-electron chi connectivity index (χ0n) is 12.1. The van der Waals surface area contributed by atoms with E-state index in [1.807, 2.05) is 0 Å². The van der Waals surface area contributed by atoms with E-state index in [1.54, 1.807) is 9.80 Å². The van der Waals surface area contributed by atoms with E-state index in [0.29, 0.717) is 30.5 Å². The number of thioether (sulfide) groups is 1. The molecule has 0 radical (unpaired) electrons. The van der Waals surface area contributed by atoms with Crippen molar-refractivity contribution in [1.82, 2.24) is 4.90 Å². The Morgan fingerprint density at radius 2 is 1.87 bits per heavy atom. The van der Waals surface area contributed by atoms with E-state index in [1.165, 1.54) is 23.9 Å². The maximum atomic E-state index is 12.6. The third kappa shape index (κ3) is 3.36. The number of benzene rings is 1. The molecule has 8 heteroatoms. The first-order valence-electron chi connectivity index (χ1n) is 7.02. The summed E-state index contributed by atoms with van der Waals surface area (Å²) in [6, 6.07) is 4.49. The van der Waals surface area contributed by atoms with Crippen molar-refractivity contribution in [2.75, 3.05) is 24.5 Å². The van der Waals surface area contributed by atoms with Crippen molar-refractivity contribution in [3.05, 3.63) is 41.3 Å². The summed E-state index contributed by atoms with van der Waals surface area (Å²) in [5, 5.41) is 0.451. The van der Waals surface area contributed by atoms with Gasteiger partial charge in [-0.05, 0) is 30.7 Å². The molecule has 122 valence electrons. The number of rotatable bonds is 1. The topological polar surface area (TPSA) is 35.9 Å². The number of carbonyl (C=O) groups is 1. The summed E-state index contributed by atoms with van der Waals surface area (Å²) in [6.45, 7) is 5.67. The third-order valence-corrected chi connectivity index (χ3v) is 4.54. The Labute approximate surface area is 135 Å². The first-order valence-corrected chi connectivity index (χ1v) is 7.84. The molecule has 2 aliphatic rings. The summed E-state index contributed by atoms with van der Waals surface area (Å²) in [5.74, 6) is 0. The van der Waals surface area contributed by atoms with Gasteiger partial charge in [-0.15, -0.1) is 0 Å². The van der Waals surface area contributed by atoms with Gasteiger partial charge in [-0.3, -0.25) is 0 Å². The number of halogens is 3. The van der Waals surface area contributed by atoms with Crippen molar-refractivity contribution in [3.63, 3.8) is 0 Å². The lowest BCUT2D eigenvalue weighted by Crippen LogP contribution is -2.41. The van der Waals surface area contributed by atoms with Crippen LogP contribution in [0.3, 0.4) is 0 Å². The van der Waals surface area contributed by atoms with Crippen LogP contribution in [0.15, 0.2) is 40.7 Å². The number of amidine groups is 1. The van der Waals surface area contributed by atoms with Crippen molar-refractivity contribution >= 4 is 28.6 Å². The van der Waals surface area contributed by atoms with E-state index in [4.69, 9.17) is 0 Å². The fraction of sp³-hybridized carbons (Fsp3) is 0.333. The molecule has 2 heterocycles. The fourth-order valence-electron chi connectivity index (χ4n) is 2.24. The molecular weight excluding hydrogens is 327 g/mol. The molecule has 4 nitrogen and oxygen atoms in total. The Kier molecular flexibility index (Phi) is 4.09. The number of aliphatic imine (C=N–C) groups is 1. The van der Waals surface area contributed by atoms with Gasteiger partial charge in [0.2, 0.25) is 0 Å². The first-order chi connectivity index (χ1) is 10.8. The SMILES string of the molecule is C=C1CN(c2ccc(C(F)(F)F)cc2)C(=NC(=O)N2CCC2)S1. The fourth-order valence-corrected chi connectivity index (χ4v) is 3.09. The van der Waals surface area contributed by atoms with Crippen LogP contribution in [-0.4, -0.2) is 35.7 Å². The van der Waals surface area contributed by atoms with Crippen LogP contribution in [0, 0.1) is 0 Å². The summed E-state index contributed by atoms with van der Waals surface area (Å²) < 4.78 is 37.9. The first kappa shape index (κ1) is 15.9. The van der Waals surface area contributed by atoms with E-state index in [2.05, 4.69) is 11.6 Å². The smallest absolute Gasteiger partial charge is 0.323 e. The third-order valence-electron chi connectivity index (χ3n) is 3.63. The number of nitrogens with zero attached hydrogens (tertiary/aromatic N) is 3. The van der Waals surface area contributed by atoms with Crippen LogP contribution in [0.2, 0.25) is 0 Å². The number of amides is 2. The molecule has 23 heavy (non-hydrogen) atoms. The molecule has 0 aliphatic carbocycles. The van der Waals surface area contributed by atoms with Gasteiger partial charge in [0.25, 0.3) is 0 Å². The van der Waals surface area contributed by atoms with Crippen LogP contribution >= 0.6 is 11.8 Å². The molecule has 2 amide bonds. The molecule has 1 aromatic carbocycles. The molecule has 3 rings (SSSR count). The van der Waals surface area contributed by atoms with Crippen molar-refractivity contribution in [3.8, 4) is 0 Å². The van der Waals surface area contributed by atoms with E-state index in [-0.39, 0.29) is 6.03 Å². The molecule has 0 unspecified atom stereocenters. The number of likely N-dealkylation sites (tertiary alicyclic amines) is 1. The van der Waals surface area contributed by atoms with Crippen molar-refractivity contribution in [2.24, 2.45) is 4.99 Å². The molecule has 0 N–H and O–H groups in total. The second kappa shape index (κ2) is 5.92. The Hall–Kier alpha value is -1.96. The highest BCUT2D eigenvalue weighted by Crippen LogP contribution is 2.35. The highest BCUT2D eigenvalue weighted by atomic mass is 32.2. The Morgan fingerprint density at radius 3 is 2.39 bits per heavy atom. The molecular formula is C15H14F3N3OS. The van der Waals surface area contributed by atoms with Gasteiger partial charge in [0.1, 0.15) is 0 Å². The minimum atomic E-state index is -4.37. The summed E-state index contributed by atoms with van der Waals surface area (Å²) >= 11 is 1.27. The monoisotopic (exact) mass is 341 g/mol. The van der Waals surface area contributed by atoms with Crippen molar-refractivity contribution in [2.45, 2.75) is 12.6 Å². The average Bonchev–Trinajstić information content (AvgIpc) is 2.76. The Bertz CT molecular complexity index is 666. The predicted octanol–water partition coefficient (Wildman–Crippen LogP) is 3.95.